The number of nitrogens with one attached hydrogen (secondary N) is 1. The Morgan fingerprint density at radius 1 is 1.24 bits per heavy atom. The van der Waals surface area contributed by atoms with Crippen molar-refractivity contribution in [1.82, 2.24) is 5.32 Å². The van der Waals surface area contributed by atoms with Crippen molar-refractivity contribution >= 4 is 0 Å². The molecule has 0 radical (unpaired) electrons. The van der Waals surface area contributed by atoms with Crippen LogP contribution in [0.1, 0.15) is 26.7 Å². The molecule has 1 aromatic rings. The Bertz CT molecular complexity index is 346. The van der Waals surface area contributed by atoms with Gasteiger partial charge in [-0.3, -0.25) is 0 Å². The quantitative estimate of drug-likeness (QED) is 0.870. The number of hydrogen-bond donors (Lipinski definition) is 1. The Balaban J connectivity index is 2.03. The third-order valence-electron chi connectivity index (χ3n) is 2.76. The molecule has 17 heavy (non-hydrogen) atoms. The highest BCUT2D eigenvalue weighted by molar-refractivity contribution is 5.39. The van der Waals surface area contributed by atoms with Gasteiger partial charge in [0.2, 0.25) is 0 Å². The summed E-state index contributed by atoms with van der Waals surface area (Å²) in [6.45, 7) is 6.08. The fourth-order valence-electron chi connectivity index (χ4n) is 2.00. The van der Waals surface area contributed by atoms with Gasteiger partial charge in [0, 0.05) is 6.54 Å². The zero-order chi connectivity index (χ0) is 12.1. The summed E-state index contributed by atoms with van der Waals surface area (Å²) < 4.78 is 11.7. The van der Waals surface area contributed by atoms with E-state index >= 15 is 0 Å². The highest BCUT2D eigenvalue weighted by Crippen LogP contribution is 2.29. The third-order valence-corrected chi connectivity index (χ3v) is 2.76. The number of benzene rings is 1. The minimum Gasteiger partial charge on any atom is -0.487 e. The maximum atomic E-state index is 6.00. The highest BCUT2D eigenvalue weighted by Gasteiger charge is 2.16. The average molecular weight is 235 g/mol. The number of rotatable bonds is 4. The van der Waals surface area contributed by atoms with Crippen molar-refractivity contribution in [3.05, 3.63) is 24.3 Å². The number of ether oxygens (including phenoxy) is 2. The van der Waals surface area contributed by atoms with Crippen molar-refractivity contribution in [1.29, 1.82) is 0 Å². The minimum absolute atomic E-state index is 0.171. The lowest BCUT2D eigenvalue weighted by Gasteiger charge is -2.25. The van der Waals surface area contributed by atoms with Crippen LogP contribution in [0.25, 0.3) is 0 Å². The van der Waals surface area contributed by atoms with Crippen molar-refractivity contribution in [3.8, 4) is 11.5 Å². The van der Waals surface area contributed by atoms with Gasteiger partial charge in [0.05, 0.1) is 6.10 Å². The first kappa shape index (κ1) is 12.2. The van der Waals surface area contributed by atoms with E-state index in [4.69, 9.17) is 9.47 Å². The molecule has 3 heteroatoms. The molecule has 1 atom stereocenters. The standard InChI is InChI=1S/C14H21NO2/c1-11(2)16-13-7-3-4-8-14(13)17-12-6-5-9-15-10-12/h3-4,7-8,11-12,15H,5-6,9-10H2,1-2H3/t12-/m0/s1. The van der Waals surface area contributed by atoms with Crippen LogP contribution in [0.5, 0.6) is 11.5 Å². The molecule has 0 spiro atoms. The molecule has 1 N–H and O–H groups in total. The van der Waals surface area contributed by atoms with Gasteiger partial charge in [0.1, 0.15) is 6.10 Å². The van der Waals surface area contributed by atoms with E-state index in [9.17, 15) is 0 Å². The fourth-order valence-corrected chi connectivity index (χ4v) is 2.00. The SMILES string of the molecule is CC(C)Oc1ccccc1O[C@H]1CCCNC1. The maximum absolute atomic E-state index is 6.00. The predicted molar refractivity (Wildman–Crippen MR) is 68.7 cm³/mol. The van der Waals surface area contributed by atoms with Gasteiger partial charge >= 0.3 is 0 Å². The summed E-state index contributed by atoms with van der Waals surface area (Å²) in [4.78, 5) is 0. The van der Waals surface area contributed by atoms with Crippen LogP contribution < -0.4 is 14.8 Å². The number of para-hydroxylation sites is 2. The van der Waals surface area contributed by atoms with Crippen LogP contribution >= 0.6 is 0 Å². The molecule has 1 heterocycles. The maximum Gasteiger partial charge on any atom is 0.161 e. The van der Waals surface area contributed by atoms with Crippen molar-refractivity contribution in [2.24, 2.45) is 0 Å². The Hall–Kier alpha value is -1.22. The largest absolute Gasteiger partial charge is 0.487 e. The second-order valence-corrected chi connectivity index (χ2v) is 4.70. The molecule has 3 nitrogen and oxygen atoms in total. The molecule has 94 valence electrons. The third kappa shape index (κ3) is 3.63. The fraction of sp³-hybridized carbons (Fsp3) is 0.571. The van der Waals surface area contributed by atoms with Crippen LogP contribution in [0.15, 0.2) is 24.3 Å². The number of hydrogen-bond acceptors (Lipinski definition) is 3. The summed E-state index contributed by atoms with van der Waals surface area (Å²) in [7, 11) is 0. The first-order valence-electron chi connectivity index (χ1n) is 6.39. The average Bonchev–Trinajstić information content (AvgIpc) is 2.32. The Labute approximate surface area is 103 Å². The highest BCUT2D eigenvalue weighted by atomic mass is 16.5. The zero-order valence-electron chi connectivity index (χ0n) is 10.6. The van der Waals surface area contributed by atoms with Gasteiger partial charge < -0.3 is 14.8 Å². The van der Waals surface area contributed by atoms with Crippen LogP contribution in [0.4, 0.5) is 0 Å². The van der Waals surface area contributed by atoms with Crippen molar-refractivity contribution in [3.63, 3.8) is 0 Å². The van der Waals surface area contributed by atoms with Crippen molar-refractivity contribution in [2.75, 3.05) is 13.1 Å². The van der Waals surface area contributed by atoms with E-state index in [0.29, 0.717) is 0 Å². The van der Waals surface area contributed by atoms with Crippen LogP contribution in [-0.2, 0) is 0 Å². The van der Waals surface area contributed by atoms with E-state index in [-0.39, 0.29) is 12.2 Å². The van der Waals surface area contributed by atoms with E-state index in [1.165, 1.54) is 6.42 Å². The Morgan fingerprint density at radius 3 is 2.65 bits per heavy atom. The molecule has 0 aromatic heterocycles. The topological polar surface area (TPSA) is 30.5 Å². The van der Waals surface area contributed by atoms with Crippen LogP contribution in [0.3, 0.4) is 0 Å². The lowest BCUT2D eigenvalue weighted by molar-refractivity contribution is 0.152. The summed E-state index contributed by atoms with van der Waals surface area (Å²) in [5, 5.41) is 3.35. The van der Waals surface area contributed by atoms with Crippen molar-refractivity contribution in [2.45, 2.75) is 38.9 Å². The van der Waals surface area contributed by atoms with Crippen LogP contribution in [0.2, 0.25) is 0 Å². The molecule has 0 aliphatic carbocycles. The lowest BCUT2D eigenvalue weighted by Crippen LogP contribution is -2.37. The van der Waals surface area contributed by atoms with Gasteiger partial charge in [0.15, 0.2) is 11.5 Å². The van der Waals surface area contributed by atoms with E-state index in [2.05, 4.69) is 5.32 Å². The molecule has 0 bridgehead atoms. The first-order valence-corrected chi connectivity index (χ1v) is 6.39. The molecule has 0 amide bonds. The van der Waals surface area contributed by atoms with Gasteiger partial charge in [-0.1, -0.05) is 12.1 Å². The van der Waals surface area contributed by atoms with Gasteiger partial charge in [-0.15, -0.1) is 0 Å². The lowest BCUT2D eigenvalue weighted by atomic mass is 10.1. The summed E-state index contributed by atoms with van der Waals surface area (Å²) in [6.07, 6.45) is 2.73. The molecule has 1 aromatic carbocycles. The Morgan fingerprint density at radius 2 is 2.00 bits per heavy atom. The van der Waals surface area contributed by atoms with Gasteiger partial charge in [-0.05, 0) is 45.4 Å². The zero-order valence-corrected chi connectivity index (χ0v) is 10.6. The smallest absolute Gasteiger partial charge is 0.161 e. The van der Waals surface area contributed by atoms with Crippen LogP contribution in [-0.4, -0.2) is 25.3 Å². The minimum atomic E-state index is 0.171. The summed E-state index contributed by atoms with van der Waals surface area (Å²) in [5.74, 6) is 1.70. The van der Waals surface area contributed by atoms with E-state index in [0.717, 1.165) is 31.0 Å². The summed E-state index contributed by atoms with van der Waals surface area (Å²) in [6, 6.07) is 7.90. The molecule has 1 aliphatic heterocycles. The first-order chi connectivity index (χ1) is 8.25. The van der Waals surface area contributed by atoms with E-state index < -0.39 is 0 Å². The van der Waals surface area contributed by atoms with Gasteiger partial charge in [0.25, 0.3) is 0 Å². The second kappa shape index (κ2) is 5.92. The second-order valence-electron chi connectivity index (χ2n) is 4.70. The van der Waals surface area contributed by atoms with E-state index in [1.807, 2.05) is 38.1 Å². The van der Waals surface area contributed by atoms with Crippen LogP contribution in [0, 0.1) is 0 Å². The molecule has 0 saturated carbocycles. The van der Waals surface area contributed by atoms with Gasteiger partial charge in [-0.25, -0.2) is 0 Å². The number of piperidine rings is 1. The Kier molecular flexibility index (Phi) is 4.26. The molecule has 0 unspecified atom stereocenters. The summed E-state index contributed by atoms with van der Waals surface area (Å²) in [5.41, 5.74) is 0. The normalized spacial score (nSPS) is 20.3. The molecule has 1 saturated heterocycles. The van der Waals surface area contributed by atoms with Crippen molar-refractivity contribution < 1.29 is 9.47 Å². The molecular weight excluding hydrogens is 214 g/mol. The molecular formula is C14H21NO2. The van der Waals surface area contributed by atoms with Gasteiger partial charge in [-0.2, -0.15) is 0 Å². The monoisotopic (exact) mass is 235 g/mol. The predicted octanol–water partition coefficient (Wildman–Crippen LogP) is 2.60. The molecule has 1 aliphatic rings. The molecule has 1 fully saturated rings. The molecule has 2 rings (SSSR count). The van der Waals surface area contributed by atoms with E-state index in [1.54, 1.807) is 0 Å². The summed E-state index contributed by atoms with van der Waals surface area (Å²) >= 11 is 0.